The van der Waals surface area contributed by atoms with E-state index in [0.717, 1.165) is 0 Å². The van der Waals surface area contributed by atoms with Gasteiger partial charge in [0.25, 0.3) is 0 Å². The summed E-state index contributed by atoms with van der Waals surface area (Å²) in [5.41, 5.74) is 1.29. The van der Waals surface area contributed by atoms with Gasteiger partial charge in [0, 0.05) is 18.2 Å². The molecule has 98 valence electrons. The summed E-state index contributed by atoms with van der Waals surface area (Å²) in [4.78, 5) is 4.57. The zero-order valence-electron chi connectivity index (χ0n) is 11.9. The van der Waals surface area contributed by atoms with Gasteiger partial charge in [-0.15, -0.1) is 0 Å². The van der Waals surface area contributed by atoms with E-state index in [1.165, 1.54) is 44.2 Å². The predicted molar refractivity (Wildman–Crippen MR) is 74.4 cm³/mol. The van der Waals surface area contributed by atoms with E-state index in [1.807, 2.05) is 6.33 Å². The van der Waals surface area contributed by atoms with Crippen LogP contribution in [0.3, 0.4) is 0 Å². The van der Waals surface area contributed by atoms with Gasteiger partial charge >= 0.3 is 0 Å². The average Bonchev–Trinajstić information content (AvgIpc) is 2.79. The number of nitrogens with zero attached hydrogens (tertiary/aromatic N) is 2. The summed E-state index contributed by atoms with van der Waals surface area (Å²) < 4.78 is 2.21. The molecule has 0 radical (unpaired) electrons. The van der Waals surface area contributed by atoms with E-state index in [2.05, 4.69) is 43.4 Å². The first-order chi connectivity index (χ1) is 8.19. The molecule has 2 heteroatoms. The first kappa shape index (κ1) is 14.3. The van der Waals surface area contributed by atoms with Crippen molar-refractivity contribution >= 4 is 0 Å². The molecule has 1 heterocycles. The Balaban J connectivity index is 2.48. The topological polar surface area (TPSA) is 17.8 Å². The van der Waals surface area contributed by atoms with E-state index in [0.29, 0.717) is 12.0 Å². The zero-order valence-corrected chi connectivity index (χ0v) is 11.9. The van der Waals surface area contributed by atoms with Crippen LogP contribution < -0.4 is 0 Å². The standard InChI is InChI=1S/C15H28N2/c1-5-7-8-9-10-14(6-2)15-11-17(12-16-15)13(3)4/h11-14H,5-10H2,1-4H3. The molecule has 0 aliphatic heterocycles. The molecule has 0 aliphatic carbocycles. The third kappa shape index (κ3) is 4.53. The lowest BCUT2D eigenvalue weighted by molar-refractivity contribution is 0.533. The van der Waals surface area contributed by atoms with Crippen molar-refractivity contribution in [3.05, 3.63) is 18.2 Å². The minimum Gasteiger partial charge on any atom is -0.335 e. The molecular formula is C15H28N2. The second-order valence-electron chi connectivity index (χ2n) is 5.29. The molecule has 0 bridgehead atoms. The lowest BCUT2D eigenvalue weighted by Crippen LogP contribution is -1.99. The smallest absolute Gasteiger partial charge is 0.0951 e. The molecule has 1 aromatic heterocycles. The first-order valence-corrected chi connectivity index (χ1v) is 7.22. The maximum absolute atomic E-state index is 4.57. The van der Waals surface area contributed by atoms with Crippen LogP contribution in [0, 0.1) is 0 Å². The Hall–Kier alpha value is -0.790. The lowest BCUT2D eigenvalue weighted by Gasteiger charge is -2.12. The number of rotatable bonds is 8. The quantitative estimate of drug-likeness (QED) is 0.585. The number of aromatic nitrogens is 2. The molecule has 0 aromatic carbocycles. The molecule has 0 saturated carbocycles. The maximum atomic E-state index is 4.57. The molecule has 0 aliphatic rings. The van der Waals surface area contributed by atoms with Gasteiger partial charge in [-0.2, -0.15) is 0 Å². The molecule has 1 aromatic rings. The van der Waals surface area contributed by atoms with Gasteiger partial charge in [0.2, 0.25) is 0 Å². The van der Waals surface area contributed by atoms with Crippen LogP contribution in [0.5, 0.6) is 0 Å². The average molecular weight is 236 g/mol. The molecule has 0 N–H and O–H groups in total. The highest BCUT2D eigenvalue weighted by Gasteiger charge is 2.12. The third-order valence-corrected chi connectivity index (χ3v) is 3.53. The fourth-order valence-electron chi connectivity index (χ4n) is 2.22. The maximum Gasteiger partial charge on any atom is 0.0951 e. The van der Waals surface area contributed by atoms with E-state index in [4.69, 9.17) is 0 Å². The predicted octanol–water partition coefficient (Wildman–Crippen LogP) is 4.93. The van der Waals surface area contributed by atoms with Gasteiger partial charge in [-0.25, -0.2) is 4.98 Å². The summed E-state index contributed by atoms with van der Waals surface area (Å²) in [5, 5.41) is 0. The highest BCUT2D eigenvalue weighted by atomic mass is 15.1. The number of unbranched alkanes of at least 4 members (excludes halogenated alkanes) is 3. The minimum absolute atomic E-state index is 0.522. The molecule has 0 spiro atoms. The molecule has 1 atom stereocenters. The summed E-state index contributed by atoms with van der Waals surface area (Å²) in [5.74, 6) is 0.659. The summed E-state index contributed by atoms with van der Waals surface area (Å²) in [6, 6.07) is 0.522. The second kappa shape index (κ2) is 7.52. The van der Waals surface area contributed by atoms with Crippen molar-refractivity contribution in [3.63, 3.8) is 0 Å². The fourth-order valence-corrected chi connectivity index (χ4v) is 2.22. The van der Waals surface area contributed by atoms with E-state index < -0.39 is 0 Å². The molecule has 1 unspecified atom stereocenters. The van der Waals surface area contributed by atoms with Crippen molar-refractivity contribution in [1.29, 1.82) is 0 Å². The normalized spacial score (nSPS) is 13.2. The Morgan fingerprint density at radius 3 is 2.47 bits per heavy atom. The van der Waals surface area contributed by atoms with Crippen molar-refractivity contribution in [2.45, 2.75) is 78.2 Å². The third-order valence-electron chi connectivity index (χ3n) is 3.53. The molecule has 2 nitrogen and oxygen atoms in total. The number of hydrogen-bond donors (Lipinski definition) is 0. The van der Waals surface area contributed by atoms with Crippen LogP contribution in [0.15, 0.2) is 12.5 Å². The molecule has 0 amide bonds. The van der Waals surface area contributed by atoms with Crippen LogP contribution in [-0.4, -0.2) is 9.55 Å². The van der Waals surface area contributed by atoms with Gasteiger partial charge in [0.15, 0.2) is 0 Å². The van der Waals surface area contributed by atoms with Crippen molar-refractivity contribution in [3.8, 4) is 0 Å². The van der Waals surface area contributed by atoms with Gasteiger partial charge in [-0.05, 0) is 26.7 Å². The van der Waals surface area contributed by atoms with Crippen LogP contribution in [0.25, 0.3) is 0 Å². The van der Waals surface area contributed by atoms with E-state index in [-0.39, 0.29) is 0 Å². The first-order valence-electron chi connectivity index (χ1n) is 7.22. The van der Waals surface area contributed by atoms with Crippen LogP contribution in [-0.2, 0) is 0 Å². The Kier molecular flexibility index (Phi) is 6.31. The van der Waals surface area contributed by atoms with Crippen molar-refractivity contribution in [1.82, 2.24) is 9.55 Å². The summed E-state index contributed by atoms with van der Waals surface area (Å²) >= 11 is 0. The minimum atomic E-state index is 0.522. The Bertz CT molecular complexity index is 302. The van der Waals surface area contributed by atoms with Gasteiger partial charge in [-0.3, -0.25) is 0 Å². The number of hydrogen-bond acceptors (Lipinski definition) is 1. The van der Waals surface area contributed by atoms with Crippen molar-refractivity contribution in [2.75, 3.05) is 0 Å². The molecule has 1 rings (SSSR count). The fraction of sp³-hybridized carbons (Fsp3) is 0.800. The van der Waals surface area contributed by atoms with Crippen LogP contribution in [0.2, 0.25) is 0 Å². The summed E-state index contributed by atoms with van der Waals surface area (Å²) in [7, 11) is 0. The van der Waals surface area contributed by atoms with E-state index in [9.17, 15) is 0 Å². The van der Waals surface area contributed by atoms with E-state index in [1.54, 1.807) is 0 Å². The summed E-state index contributed by atoms with van der Waals surface area (Å²) in [6.07, 6.45) is 12.1. The SMILES string of the molecule is CCCCCCC(CC)c1cn(C(C)C)cn1. The Morgan fingerprint density at radius 1 is 1.18 bits per heavy atom. The molecule has 0 saturated heterocycles. The highest BCUT2D eigenvalue weighted by molar-refractivity contribution is 5.05. The highest BCUT2D eigenvalue weighted by Crippen LogP contribution is 2.25. The molecule has 17 heavy (non-hydrogen) atoms. The monoisotopic (exact) mass is 236 g/mol. The van der Waals surface area contributed by atoms with Gasteiger partial charge < -0.3 is 4.57 Å². The molecule has 0 fully saturated rings. The Labute approximate surface area is 106 Å². The Morgan fingerprint density at radius 2 is 1.94 bits per heavy atom. The van der Waals surface area contributed by atoms with Crippen molar-refractivity contribution < 1.29 is 0 Å². The van der Waals surface area contributed by atoms with E-state index >= 15 is 0 Å². The van der Waals surface area contributed by atoms with Crippen LogP contribution in [0.1, 0.15) is 83.9 Å². The van der Waals surface area contributed by atoms with Crippen LogP contribution >= 0.6 is 0 Å². The zero-order chi connectivity index (χ0) is 12.7. The van der Waals surface area contributed by atoms with Gasteiger partial charge in [0.05, 0.1) is 12.0 Å². The van der Waals surface area contributed by atoms with Gasteiger partial charge in [0.1, 0.15) is 0 Å². The largest absolute Gasteiger partial charge is 0.335 e. The van der Waals surface area contributed by atoms with Crippen molar-refractivity contribution in [2.24, 2.45) is 0 Å². The lowest BCUT2D eigenvalue weighted by atomic mass is 9.95. The second-order valence-corrected chi connectivity index (χ2v) is 5.29. The summed E-state index contributed by atoms with van der Waals surface area (Å²) in [6.45, 7) is 8.95. The van der Waals surface area contributed by atoms with Gasteiger partial charge in [-0.1, -0.05) is 39.5 Å². The molecular weight excluding hydrogens is 208 g/mol. The van der Waals surface area contributed by atoms with Crippen LogP contribution in [0.4, 0.5) is 0 Å². The number of imidazole rings is 1.